The van der Waals surface area contributed by atoms with Crippen LogP contribution in [0.2, 0.25) is 0 Å². The summed E-state index contributed by atoms with van der Waals surface area (Å²) in [6.07, 6.45) is 2.21. The van der Waals surface area contributed by atoms with E-state index in [9.17, 15) is 18.0 Å². The number of carbonyl (C=O) groups is 2. The quantitative estimate of drug-likeness (QED) is 0.370. The molecule has 0 aliphatic heterocycles. The summed E-state index contributed by atoms with van der Waals surface area (Å²) in [6, 6.07) is 19.2. The molecule has 2 atom stereocenters. The fraction of sp³-hybridized carbons (Fsp3) is 0.379. The predicted molar refractivity (Wildman–Crippen MR) is 152 cm³/mol. The van der Waals surface area contributed by atoms with Gasteiger partial charge in [0.2, 0.25) is 21.8 Å². The first-order valence-corrected chi connectivity index (χ1v) is 14.6. The Morgan fingerprint density at radius 1 is 0.947 bits per heavy atom. The maximum Gasteiger partial charge on any atom is 0.244 e. The summed E-state index contributed by atoms with van der Waals surface area (Å²) >= 11 is 0. The fourth-order valence-corrected chi connectivity index (χ4v) is 5.17. The van der Waals surface area contributed by atoms with Gasteiger partial charge >= 0.3 is 0 Å². The molecular formula is C29H37N3O5S. The van der Waals surface area contributed by atoms with Gasteiger partial charge in [0.1, 0.15) is 18.3 Å². The van der Waals surface area contributed by atoms with Crippen molar-refractivity contribution in [1.29, 1.82) is 0 Å². The van der Waals surface area contributed by atoms with Crippen LogP contribution in [-0.2, 0) is 26.2 Å². The average molecular weight is 540 g/mol. The summed E-state index contributed by atoms with van der Waals surface area (Å²) in [5.41, 5.74) is 1.21. The molecule has 0 fully saturated rings. The molecule has 3 rings (SSSR count). The molecule has 0 saturated heterocycles. The van der Waals surface area contributed by atoms with Crippen molar-refractivity contribution in [3.63, 3.8) is 0 Å². The number of nitrogens with one attached hydrogen (secondary N) is 1. The van der Waals surface area contributed by atoms with E-state index in [4.69, 9.17) is 4.74 Å². The Hall–Kier alpha value is -3.59. The molecule has 0 aromatic heterocycles. The zero-order valence-corrected chi connectivity index (χ0v) is 23.5. The molecule has 0 heterocycles. The van der Waals surface area contributed by atoms with Crippen molar-refractivity contribution < 1.29 is 22.7 Å². The standard InChI is InChI=1S/C29H37N3O5S/c1-6-21(3)30-29(34)26(7-2)31(19-22-15-17-24(37-4)18-16-22)28(33)20-32(38(5,35)36)27-14-10-12-23-11-8-9-13-25(23)27/h8-18,21,26H,6-7,19-20H2,1-5H3,(H,30,34)/t21-,26+/m1/s1. The highest BCUT2D eigenvalue weighted by atomic mass is 32.2. The Morgan fingerprint density at radius 2 is 1.61 bits per heavy atom. The van der Waals surface area contributed by atoms with Crippen LogP contribution < -0.4 is 14.4 Å². The maximum absolute atomic E-state index is 13.9. The molecule has 38 heavy (non-hydrogen) atoms. The molecule has 0 bridgehead atoms. The van der Waals surface area contributed by atoms with Gasteiger partial charge in [0.25, 0.3) is 0 Å². The Bertz CT molecular complexity index is 1350. The van der Waals surface area contributed by atoms with Crippen molar-refractivity contribution in [2.75, 3.05) is 24.2 Å². The normalized spacial score (nSPS) is 13.0. The van der Waals surface area contributed by atoms with Crippen molar-refractivity contribution in [2.45, 2.75) is 52.2 Å². The maximum atomic E-state index is 13.9. The van der Waals surface area contributed by atoms with Crippen molar-refractivity contribution in [3.05, 3.63) is 72.3 Å². The Kier molecular flexibility index (Phi) is 9.74. The smallest absolute Gasteiger partial charge is 0.244 e. The minimum atomic E-state index is -3.83. The summed E-state index contributed by atoms with van der Waals surface area (Å²) in [6.45, 7) is 5.43. The number of sulfonamides is 1. The second kappa shape index (κ2) is 12.8. The lowest BCUT2D eigenvalue weighted by molar-refractivity contribution is -0.140. The number of ether oxygens (including phenoxy) is 1. The van der Waals surface area contributed by atoms with Crippen LogP contribution in [0, 0.1) is 0 Å². The monoisotopic (exact) mass is 539 g/mol. The van der Waals surface area contributed by atoms with Gasteiger partial charge in [0.05, 0.1) is 19.1 Å². The van der Waals surface area contributed by atoms with Gasteiger partial charge in [-0.1, -0.05) is 62.4 Å². The second-order valence-electron chi connectivity index (χ2n) is 9.38. The lowest BCUT2D eigenvalue weighted by Gasteiger charge is -2.33. The number of nitrogens with zero attached hydrogens (tertiary/aromatic N) is 2. The topological polar surface area (TPSA) is 96.0 Å². The van der Waals surface area contributed by atoms with E-state index in [1.807, 2.05) is 63.2 Å². The first-order chi connectivity index (χ1) is 18.1. The Morgan fingerprint density at radius 3 is 2.21 bits per heavy atom. The number of benzene rings is 3. The number of methoxy groups -OCH3 is 1. The van der Waals surface area contributed by atoms with Crippen LogP contribution in [0.3, 0.4) is 0 Å². The van der Waals surface area contributed by atoms with E-state index in [-0.39, 0.29) is 18.5 Å². The van der Waals surface area contributed by atoms with E-state index in [2.05, 4.69) is 5.32 Å². The van der Waals surface area contributed by atoms with Crippen LogP contribution in [0.25, 0.3) is 10.8 Å². The molecule has 0 saturated carbocycles. The predicted octanol–water partition coefficient (Wildman–Crippen LogP) is 4.34. The van der Waals surface area contributed by atoms with Crippen LogP contribution in [-0.4, -0.2) is 57.1 Å². The molecule has 0 spiro atoms. The highest BCUT2D eigenvalue weighted by Gasteiger charge is 2.32. The van der Waals surface area contributed by atoms with Crippen LogP contribution in [0.4, 0.5) is 5.69 Å². The molecule has 0 aliphatic carbocycles. The number of fused-ring (bicyclic) bond motifs is 1. The van der Waals surface area contributed by atoms with Crippen molar-refractivity contribution >= 4 is 38.3 Å². The van der Waals surface area contributed by atoms with Gasteiger partial charge in [0.15, 0.2) is 0 Å². The molecule has 8 nitrogen and oxygen atoms in total. The number of carbonyl (C=O) groups excluding carboxylic acids is 2. The lowest BCUT2D eigenvalue weighted by Crippen LogP contribution is -2.53. The zero-order valence-electron chi connectivity index (χ0n) is 22.7. The van der Waals surface area contributed by atoms with Gasteiger partial charge in [-0.15, -0.1) is 0 Å². The minimum Gasteiger partial charge on any atom is -0.497 e. The minimum absolute atomic E-state index is 0.0577. The summed E-state index contributed by atoms with van der Waals surface area (Å²) < 4.78 is 32.3. The first kappa shape index (κ1) is 29.0. The van der Waals surface area contributed by atoms with E-state index in [1.54, 1.807) is 31.4 Å². The van der Waals surface area contributed by atoms with Crippen molar-refractivity contribution in [3.8, 4) is 5.75 Å². The molecule has 2 amide bonds. The van der Waals surface area contributed by atoms with E-state index in [0.717, 1.165) is 33.3 Å². The van der Waals surface area contributed by atoms with Crippen LogP contribution in [0.1, 0.15) is 39.2 Å². The molecule has 0 unspecified atom stereocenters. The number of hydrogen-bond donors (Lipinski definition) is 1. The highest BCUT2D eigenvalue weighted by Crippen LogP contribution is 2.29. The molecule has 3 aromatic rings. The molecule has 0 aliphatic rings. The largest absolute Gasteiger partial charge is 0.497 e. The summed E-state index contributed by atoms with van der Waals surface area (Å²) in [4.78, 5) is 28.6. The number of anilines is 1. The van der Waals surface area contributed by atoms with Gasteiger partial charge < -0.3 is 15.0 Å². The van der Waals surface area contributed by atoms with E-state index in [0.29, 0.717) is 17.9 Å². The lowest BCUT2D eigenvalue weighted by atomic mass is 10.1. The third-order valence-corrected chi connectivity index (χ3v) is 7.74. The summed E-state index contributed by atoms with van der Waals surface area (Å²) in [5, 5.41) is 4.56. The molecule has 0 radical (unpaired) electrons. The van der Waals surface area contributed by atoms with Gasteiger partial charge in [-0.25, -0.2) is 8.42 Å². The number of rotatable bonds is 12. The SMILES string of the molecule is CC[C@@H](C)NC(=O)[C@H](CC)N(Cc1ccc(OC)cc1)C(=O)CN(c1cccc2ccccc12)S(C)(=O)=O. The van der Waals surface area contributed by atoms with Crippen LogP contribution >= 0.6 is 0 Å². The Labute approximate surface area is 225 Å². The van der Waals surface area contributed by atoms with E-state index < -0.39 is 28.5 Å². The van der Waals surface area contributed by atoms with Crippen LogP contribution in [0.5, 0.6) is 5.75 Å². The Balaban J connectivity index is 2.01. The number of amides is 2. The number of hydrogen-bond acceptors (Lipinski definition) is 5. The third kappa shape index (κ3) is 7.04. The van der Waals surface area contributed by atoms with Crippen molar-refractivity contribution in [1.82, 2.24) is 10.2 Å². The molecular weight excluding hydrogens is 502 g/mol. The molecule has 1 N–H and O–H groups in total. The van der Waals surface area contributed by atoms with Gasteiger partial charge in [-0.2, -0.15) is 0 Å². The van der Waals surface area contributed by atoms with Gasteiger partial charge in [-0.05, 0) is 48.9 Å². The van der Waals surface area contributed by atoms with Crippen molar-refractivity contribution in [2.24, 2.45) is 0 Å². The fourth-order valence-electron chi connectivity index (χ4n) is 4.31. The van der Waals surface area contributed by atoms with Gasteiger partial charge in [0, 0.05) is 18.0 Å². The molecule has 204 valence electrons. The van der Waals surface area contributed by atoms with Crippen LogP contribution in [0.15, 0.2) is 66.7 Å². The van der Waals surface area contributed by atoms with Gasteiger partial charge in [-0.3, -0.25) is 13.9 Å². The van der Waals surface area contributed by atoms with E-state index in [1.165, 1.54) is 4.90 Å². The highest BCUT2D eigenvalue weighted by molar-refractivity contribution is 7.92. The molecule has 3 aromatic carbocycles. The molecule has 9 heteroatoms. The first-order valence-electron chi connectivity index (χ1n) is 12.8. The third-order valence-electron chi connectivity index (χ3n) is 6.61. The van der Waals surface area contributed by atoms with E-state index >= 15 is 0 Å². The average Bonchev–Trinajstić information content (AvgIpc) is 2.90. The summed E-state index contributed by atoms with van der Waals surface area (Å²) in [7, 11) is -2.25. The zero-order chi connectivity index (χ0) is 27.9. The summed E-state index contributed by atoms with van der Waals surface area (Å²) in [5.74, 6) is -0.0579. The second-order valence-corrected chi connectivity index (χ2v) is 11.3.